The third-order valence-corrected chi connectivity index (χ3v) is 6.53. The van der Waals surface area contributed by atoms with Gasteiger partial charge in [-0.2, -0.15) is 5.10 Å². The lowest BCUT2D eigenvalue weighted by Crippen LogP contribution is -2.53. The third-order valence-electron chi connectivity index (χ3n) is 6.53. The predicted octanol–water partition coefficient (Wildman–Crippen LogP) is 3.99. The lowest BCUT2D eigenvalue weighted by atomic mass is 9.85. The molecule has 0 saturated carbocycles. The SMILES string of the molecule is CC1=Nc2ccnn2C(c2ccccc2C)C1C(=O)N1CCN(c2ccc(F)cc2)CC1. The van der Waals surface area contributed by atoms with E-state index in [1.807, 2.05) is 34.7 Å². The molecule has 0 spiro atoms. The number of carbonyl (C=O) groups excluding carboxylic acids is 1. The van der Waals surface area contributed by atoms with E-state index in [2.05, 4.69) is 29.1 Å². The van der Waals surface area contributed by atoms with Crippen molar-refractivity contribution in [2.24, 2.45) is 10.9 Å². The van der Waals surface area contributed by atoms with Gasteiger partial charge in [0.1, 0.15) is 11.7 Å². The summed E-state index contributed by atoms with van der Waals surface area (Å²) < 4.78 is 15.1. The molecule has 0 bridgehead atoms. The molecule has 164 valence electrons. The Balaban J connectivity index is 1.41. The van der Waals surface area contributed by atoms with Crippen LogP contribution in [0, 0.1) is 18.7 Å². The molecule has 2 aromatic carbocycles. The molecule has 5 rings (SSSR count). The minimum Gasteiger partial charge on any atom is -0.368 e. The Morgan fingerprint density at radius 3 is 2.41 bits per heavy atom. The maximum Gasteiger partial charge on any atom is 0.234 e. The number of fused-ring (bicyclic) bond motifs is 1. The van der Waals surface area contributed by atoms with Gasteiger partial charge in [-0.3, -0.25) is 4.79 Å². The Bertz CT molecular complexity index is 1160. The first-order valence-electron chi connectivity index (χ1n) is 11.0. The van der Waals surface area contributed by atoms with Crippen molar-refractivity contribution < 1.29 is 9.18 Å². The van der Waals surface area contributed by atoms with Gasteiger partial charge < -0.3 is 9.80 Å². The van der Waals surface area contributed by atoms with Crippen LogP contribution in [-0.2, 0) is 4.79 Å². The molecule has 2 aliphatic rings. The van der Waals surface area contributed by atoms with Crippen LogP contribution in [0.5, 0.6) is 0 Å². The number of piperazine rings is 1. The first-order chi connectivity index (χ1) is 15.5. The van der Waals surface area contributed by atoms with Crippen LogP contribution in [0.2, 0.25) is 0 Å². The number of aliphatic imine (C=N–C) groups is 1. The highest BCUT2D eigenvalue weighted by Crippen LogP contribution is 2.38. The number of nitrogens with zero attached hydrogens (tertiary/aromatic N) is 5. The van der Waals surface area contributed by atoms with Crippen molar-refractivity contribution in [1.29, 1.82) is 0 Å². The van der Waals surface area contributed by atoms with E-state index in [0.29, 0.717) is 26.2 Å². The van der Waals surface area contributed by atoms with Gasteiger partial charge in [-0.05, 0) is 49.2 Å². The van der Waals surface area contributed by atoms with Crippen LogP contribution in [0.15, 0.2) is 65.8 Å². The molecule has 6 nitrogen and oxygen atoms in total. The molecule has 1 aromatic heterocycles. The number of benzene rings is 2. The van der Waals surface area contributed by atoms with Gasteiger partial charge in [-0.1, -0.05) is 24.3 Å². The normalized spacial score (nSPS) is 20.7. The van der Waals surface area contributed by atoms with E-state index >= 15 is 0 Å². The summed E-state index contributed by atoms with van der Waals surface area (Å²) in [5.74, 6) is 0.219. The Kier molecular flexibility index (Phi) is 5.25. The van der Waals surface area contributed by atoms with E-state index in [9.17, 15) is 9.18 Å². The highest BCUT2D eigenvalue weighted by Gasteiger charge is 2.41. The molecule has 0 N–H and O–H groups in total. The van der Waals surface area contributed by atoms with Crippen LogP contribution >= 0.6 is 0 Å². The Morgan fingerprint density at radius 2 is 1.69 bits per heavy atom. The summed E-state index contributed by atoms with van der Waals surface area (Å²) in [5.41, 5.74) is 4.02. The molecule has 32 heavy (non-hydrogen) atoms. The summed E-state index contributed by atoms with van der Waals surface area (Å²) in [5, 5.41) is 4.53. The van der Waals surface area contributed by atoms with Crippen molar-refractivity contribution in [1.82, 2.24) is 14.7 Å². The van der Waals surface area contributed by atoms with Gasteiger partial charge in [0.15, 0.2) is 5.82 Å². The van der Waals surface area contributed by atoms with Crippen LogP contribution in [0.4, 0.5) is 15.9 Å². The molecule has 1 saturated heterocycles. The fourth-order valence-corrected chi connectivity index (χ4v) is 4.81. The molecule has 2 aliphatic heterocycles. The molecular weight excluding hydrogens is 405 g/mol. The zero-order chi connectivity index (χ0) is 22.2. The number of aryl methyl sites for hydroxylation is 1. The highest BCUT2D eigenvalue weighted by molar-refractivity contribution is 6.05. The fourth-order valence-electron chi connectivity index (χ4n) is 4.81. The van der Waals surface area contributed by atoms with E-state index in [-0.39, 0.29) is 17.8 Å². The number of hydrogen-bond donors (Lipinski definition) is 0. The average Bonchev–Trinajstić information content (AvgIpc) is 3.27. The number of halogens is 1. The monoisotopic (exact) mass is 431 g/mol. The van der Waals surface area contributed by atoms with E-state index in [0.717, 1.165) is 28.3 Å². The topological polar surface area (TPSA) is 53.7 Å². The maximum atomic E-state index is 13.8. The van der Waals surface area contributed by atoms with E-state index < -0.39 is 5.92 Å². The molecule has 1 fully saturated rings. The first-order valence-corrected chi connectivity index (χ1v) is 11.0. The van der Waals surface area contributed by atoms with Gasteiger partial charge in [0.25, 0.3) is 0 Å². The van der Waals surface area contributed by atoms with Gasteiger partial charge in [0.2, 0.25) is 5.91 Å². The lowest BCUT2D eigenvalue weighted by Gasteiger charge is -2.40. The Labute approximate surface area is 187 Å². The average molecular weight is 432 g/mol. The smallest absolute Gasteiger partial charge is 0.234 e. The van der Waals surface area contributed by atoms with Gasteiger partial charge in [-0.25, -0.2) is 14.1 Å². The summed E-state index contributed by atoms with van der Waals surface area (Å²) in [7, 11) is 0. The molecule has 2 unspecified atom stereocenters. The highest BCUT2D eigenvalue weighted by atomic mass is 19.1. The molecule has 7 heteroatoms. The largest absolute Gasteiger partial charge is 0.368 e. The number of carbonyl (C=O) groups is 1. The van der Waals surface area contributed by atoms with Crippen molar-refractivity contribution in [3.8, 4) is 0 Å². The van der Waals surface area contributed by atoms with E-state index in [1.165, 1.54) is 12.1 Å². The number of rotatable bonds is 3. The third kappa shape index (κ3) is 3.57. The van der Waals surface area contributed by atoms with Crippen LogP contribution in [-0.4, -0.2) is 52.5 Å². The van der Waals surface area contributed by atoms with Gasteiger partial charge in [0.05, 0.1) is 12.2 Å². The molecule has 1 amide bonds. The van der Waals surface area contributed by atoms with Crippen LogP contribution in [0.25, 0.3) is 0 Å². The second kappa shape index (κ2) is 8.22. The number of aromatic nitrogens is 2. The van der Waals surface area contributed by atoms with Crippen molar-refractivity contribution in [3.63, 3.8) is 0 Å². The van der Waals surface area contributed by atoms with Gasteiger partial charge in [-0.15, -0.1) is 0 Å². The van der Waals surface area contributed by atoms with Crippen LogP contribution in [0.3, 0.4) is 0 Å². The minimum atomic E-state index is -0.402. The van der Waals surface area contributed by atoms with Crippen LogP contribution < -0.4 is 4.90 Å². The molecule has 0 aliphatic carbocycles. The summed E-state index contributed by atoms with van der Waals surface area (Å²) in [6, 6.07) is 16.4. The number of anilines is 1. The minimum absolute atomic E-state index is 0.0828. The zero-order valence-corrected chi connectivity index (χ0v) is 18.3. The van der Waals surface area contributed by atoms with Gasteiger partial charge in [0, 0.05) is 43.6 Å². The van der Waals surface area contributed by atoms with E-state index in [4.69, 9.17) is 4.99 Å². The fraction of sp³-hybridized carbons (Fsp3) is 0.320. The Hall–Kier alpha value is -3.48. The number of hydrogen-bond acceptors (Lipinski definition) is 4. The van der Waals surface area contributed by atoms with Crippen LogP contribution in [0.1, 0.15) is 24.1 Å². The quantitative estimate of drug-likeness (QED) is 0.630. The molecule has 3 aromatic rings. The maximum absolute atomic E-state index is 13.8. The molecule has 2 atom stereocenters. The summed E-state index contributed by atoms with van der Waals surface area (Å²) in [6.07, 6.45) is 1.74. The Morgan fingerprint density at radius 1 is 0.969 bits per heavy atom. The molecule has 3 heterocycles. The predicted molar refractivity (Wildman–Crippen MR) is 123 cm³/mol. The summed E-state index contributed by atoms with van der Waals surface area (Å²) >= 11 is 0. The summed E-state index contributed by atoms with van der Waals surface area (Å²) in [6.45, 7) is 6.67. The molecule has 0 radical (unpaired) electrons. The zero-order valence-electron chi connectivity index (χ0n) is 18.3. The molecular formula is C25H26FN5O. The van der Waals surface area contributed by atoms with Crippen molar-refractivity contribution >= 4 is 23.1 Å². The van der Waals surface area contributed by atoms with Crippen molar-refractivity contribution in [3.05, 3.63) is 77.7 Å². The second-order valence-corrected chi connectivity index (χ2v) is 8.46. The van der Waals surface area contributed by atoms with Gasteiger partial charge >= 0.3 is 0 Å². The second-order valence-electron chi connectivity index (χ2n) is 8.46. The first kappa shape index (κ1) is 20.4. The lowest BCUT2D eigenvalue weighted by molar-refractivity contribution is -0.134. The summed E-state index contributed by atoms with van der Waals surface area (Å²) in [4.78, 5) is 22.6. The van der Waals surface area contributed by atoms with Crippen molar-refractivity contribution in [2.45, 2.75) is 19.9 Å². The standard InChI is InChI=1S/C25H26FN5O/c1-17-5-3-4-6-21(17)24-23(18(2)28-22-11-12-27-31(22)24)25(32)30-15-13-29(14-16-30)20-9-7-19(26)8-10-20/h3-12,23-24H,13-16H2,1-2H3. The van der Waals surface area contributed by atoms with E-state index in [1.54, 1.807) is 18.3 Å². The number of amides is 1. The van der Waals surface area contributed by atoms with Crippen molar-refractivity contribution in [2.75, 3.05) is 31.1 Å².